The number of hydrogen-bond acceptors (Lipinski definition) is 7. The molecule has 1 fully saturated rings. The third-order valence-electron chi connectivity index (χ3n) is 5.41. The highest BCUT2D eigenvalue weighted by molar-refractivity contribution is 8.26. The van der Waals surface area contributed by atoms with Gasteiger partial charge >= 0.3 is 0 Å². The number of pyridine rings is 1. The Morgan fingerprint density at radius 2 is 1.94 bits per heavy atom. The van der Waals surface area contributed by atoms with Gasteiger partial charge < -0.3 is 10.1 Å². The first-order chi connectivity index (χ1) is 15.9. The van der Waals surface area contributed by atoms with Gasteiger partial charge in [-0.1, -0.05) is 43.0 Å². The number of carbonyl (C=O) groups excluding carboxylic acids is 1. The average Bonchev–Trinajstić information content (AvgIpc) is 3.08. The average molecular weight is 483 g/mol. The second kappa shape index (κ2) is 10.7. The number of nitrogens with one attached hydrogen (secondary N) is 1. The van der Waals surface area contributed by atoms with Gasteiger partial charge in [-0.25, -0.2) is 0 Å². The largest absolute Gasteiger partial charge is 0.497 e. The Kier molecular flexibility index (Phi) is 7.95. The lowest BCUT2D eigenvalue weighted by Crippen LogP contribution is -2.29. The van der Waals surface area contributed by atoms with Gasteiger partial charge in [0.25, 0.3) is 11.5 Å². The van der Waals surface area contributed by atoms with Gasteiger partial charge in [-0.15, -0.1) is 0 Å². The van der Waals surface area contributed by atoms with E-state index in [1.54, 1.807) is 25.0 Å². The van der Waals surface area contributed by atoms with E-state index in [1.807, 2.05) is 44.2 Å². The molecular weight excluding hydrogens is 456 g/mol. The number of amides is 1. The molecular formula is C24H26N4O3S2. The molecule has 0 aliphatic carbocycles. The van der Waals surface area contributed by atoms with Crippen LogP contribution in [-0.2, 0) is 17.9 Å². The van der Waals surface area contributed by atoms with Crippen molar-refractivity contribution in [3.63, 3.8) is 0 Å². The third-order valence-corrected chi connectivity index (χ3v) is 6.78. The van der Waals surface area contributed by atoms with E-state index in [2.05, 4.69) is 5.32 Å². The lowest BCUT2D eigenvalue weighted by Gasteiger charge is -2.19. The van der Waals surface area contributed by atoms with Crippen LogP contribution >= 0.6 is 24.0 Å². The van der Waals surface area contributed by atoms with Gasteiger partial charge in [0, 0.05) is 25.2 Å². The number of thiocarbonyl (C=S) groups is 1. The zero-order chi connectivity index (χ0) is 24.1. The van der Waals surface area contributed by atoms with E-state index in [0.717, 1.165) is 17.7 Å². The molecule has 1 saturated heterocycles. The molecule has 172 valence electrons. The second-order valence-electron chi connectivity index (χ2n) is 7.46. The molecule has 1 aliphatic heterocycles. The van der Waals surface area contributed by atoms with Crippen LogP contribution < -0.4 is 15.6 Å². The lowest BCUT2D eigenvalue weighted by atomic mass is 10.0. The summed E-state index contributed by atoms with van der Waals surface area (Å²) in [5.74, 6) is 1.17. The van der Waals surface area contributed by atoms with Gasteiger partial charge in [-0.05, 0) is 49.6 Å². The fourth-order valence-corrected chi connectivity index (χ4v) is 4.92. The Morgan fingerprint density at radius 1 is 1.24 bits per heavy atom. The van der Waals surface area contributed by atoms with E-state index in [0.29, 0.717) is 45.8 Å². The molecule has 2 aromatic rings. The quantitative estimate of drug-likeness (QED) is 0.444. The highest BCUT2D eigenvalue weighted by atomic mass is 32.2. The molecule has 33 heavy (non-hydrogen) atoms. The van der Waals surface area contributed by atoms with Crippen LogP contribution in [0, 0.1) is 18.3 Å². The SMILES string of the molecule is CCCN1C(=O)/C(=C\c2c(C)c(C#N)c(=O)n(CC)c2NCc2ccc(OC)cc2)SC1=S. The van der Waals surface area contributed by atoms with Crippen LogP contribution in [0.25, 0.3) is 6.08 Å². The number of aromatic nitrogens is 1. The zero-order valence-corrected chi connectivity index (χ0v) is 20.7. The minimum Gasteiger partial charge on any atom is -0.497 e. The van der Waals surface area contributed by atoms with Crippen LogP contribution in [0.3, 0.4) is 0 Å². The Hall–Kier alpha value is -3.09. The van der Waals surface area contributed by atoms with E-state index in [4.69, 9.17) is 17.0 Å². The number of anilines is 1. The van der Waals surface area contributed by atoms with E-state index < -0.39 is 0 Å². The molecule has 9 heteroatoms. The van der Waals surface area contributed by atoms with Crippen molar-refractivity contribution in [3.05, 3.63) is 61.8 Å². The smallest absolute Gasteiger partial charge is 0.270 e. The van der Waals surface area contributed by atoms with Crippen LogP contribution in [0.5, 0.6) is 5.75 Å². The van der Waals surface area contributed by atoms with E-state index in [1.165, 1.54) is 16.3 Å². The van der Waals surface area contributed by atoms with Crippen molar-refractivity contribution in [2.45, 2.75) is 40.3 Å². The number of methoxy groups -OCH3 is 1. The first kappa shape index (κ1) is 24.6. The molecule has 0 bridgehead atoms. The Morgan fingerprint density at radius 3 is 2.52 bits per heavy atom. The molecule has 2 heterocycles. The van der Waals surface area contributed by atoms with Crippen molar-refractivity contribution in [1.29, 1.82) is 5.26 Å². The lowest BCUT2D eigenvalue weighted by molar-refractivity contribution is -0.122. The molecule has 1 aromatic carbocycles. The number of hydrogen-bond donors (Lipinski definition) is 1. The summed E-state index contributed by atoms with van der Waals surface area (Å²) in [5, 5.41) is 13.0. The summed E-state index contributed by atoms with van der Waals surface area (Å²) in [6, 6.07) is 9.65. The van der Waals surface area contributed by atoms with Gasteiger partial charge in [0.1, 0.15) is 27.5 Å². The predicted octanol–water partition coefficient (Wildman–Crippen LogP) is 4.28. The number of nitriles is 1. The second-order valence-corrected chi connectivity index (χ2v) is 9.13. The number of nitrogens with zero attached hydrogens (tertiary/aromatic N) is 3. The fraction of sp³-hybridized carbons (Fsp3) is 0.333. The van der Waals surface area contributed by atoms with Gasteiger partial charge in [-0.2, -0.15) is 5.26 Å². The summed E-state index contributed by atoms with van der Waals surface area (Å²) in [5.41, 5.74) is 1.88. The van der Waals surface area contributed by atoms with Crippen LogP contribution in [0.4, 0.5) is 5.82 Å². The summed E-state index contributed by atoms with van der Waals surface area (Å²) >= 11 is 6.63. The number of rotatable bonds is 8. The first-order valence-corrected chi connectivity index (χ1v) is 11.9. The molecule has 0 saturated carbocycles. The maximum absolute atomic E-state index is 13.0. The molecule has 7 nitrogen and oxygen atoms in total. The normalized spacial score (nSPS) is 14.6. The molecule has 1 aliphatic rings. The number of thioether (sulfide) groups is 1. The Balaban J connectivity index is 2.09. The summed E-state index contributed by atoms with van der Waals surface area (Å²) in [6.07, 6.45) is 2.54. The number of benzene rings is 1. The molecule has 3 rings (SSSR count). The van der Waals surface area contributed by atoms with Crippen molar-refractivity contribution in [3.8, 4) is 11.8 Å². The van der Waals surface area contributed by atoms with E-state index >= 15 is 0 Å². The molecule has 0 unspecified atom stereocenters. The summed E-state index contributed by atoms with van der Waals surface area (Å²) in [6.45, 7) is 6.95. The number of ether oxygens (including phenoxy) is 1. The molecule has 0 radical (unpaired) electrons. The fourth-order valence-electron chi connectivity index (χ4n) is 3.63. The molecule has 1 N–H and O–H groups in total. The van der Waals surface area contributed by atoms with Crippen molar-refractivity contribution >= 4 is 46.1 Å². The van der Waals surface area contributed by atoms with Crippen LogP contribution in [-0.4, -0.2) is 33.3 Å². The summed E-state index contributed by atoms with van der Waals surface area (Å²) < 4.78 is 7.26. The van der Waals surface area contributed by atoms with Crippen LogP contribution in [0.2, 0.25) is 0 Å². The summed E-state index contributed by atoms with van der Waals surface area (Å²) in [4.78, 5) is 28.0. The van der Waals surface area contributed by atoms with Crippen molar-refractivity contribution in [2.75, 3.05) is 19.0 Å². The number of carbonyl (C=O) groups is 1. The maximum Gasteiger partial charge on any atom is 0.270 e. The molecule has 1 aromatic heterocycles. The van der Waals surface area contributed by atoms with Crippen molar-refractivity contribution in [2.24, 2.45) is 0 Å². The van der Waals surface area contributed by atoms with Crippen molar-refractivity contribution in [1.82, 2.24) is 9.47 Å². The van der Waals surface area contributed by atoms with Crippen LogP contribution in [0.15, 0.2) is 34.0 Å². The molecule has 0 atom stereocenters. The maximum atomic E-state index is 13.0. The van der Waals surface area contributed by atoms with Gasteiger partial charge in [-0.3, -0.25) is 19.1 Å². The van der Waals surface area contributed by atoms with Gasteiger partial charge in [0.15, 0.2) is 0 Å². The van der Waals surface area contributed by atoms with Crippen molar-refractivity contribution < 1.29 is 9.53 Å². The minimum atomic E-state index is -0.356. The minimum absolute atomic E-state index is 0.0714. The Bertz CT molecular complexity index is 1210. The standard InChI is InChI=1S/C24H26N4O3S2/c1-5-11-28-23(30)20(33-24(28)32)12-18-15(3)19(13-25)22(29)27(6-2)21(18)26-14-16-7-9-17(31-4)10-8-16/h7-10,12,26H,5-6,11,14H2,1-4H3/b20-12+. The predicted molar refractivity (Wildman–Crippen MR) is 136 cm³/mol. The van der Waals surface area contributed by atoms with E-state index in [-0.39, 0.29) is 17.0 Å². The molecule has 0 spiro atoms. The first-order valence-electron chi connectivity index (χ1n) is 10.7. The summed E-state index contributed by atoms with van der Waals surface area (Å²) in [7, 11) is 1.61. The zero-order valence-electron chi connectivity index (χ0n) is 19.1. The highest BCUT2D eigenvalue weighted by Gasteiger charge is 2.32. The monoisotopic (exact) mass is 482 g/mol. The van der Waals surface area contributed by atoms with Crippen LogP contribution in [0.1, 0.15) is 42.5 Å². The Labute approximate surface area is 203 Å². The highest BCUT2D eigenvalue weighted by Crippen LogP contribution is 2.35. The molecule has 1 amide bonds. The van der Waals surface area contributed by atoms with Gasteiger partial charge in [0.05, 0.1) is 12.0 Å². The third kappa shape index (κ3) is 4.97. The van der Waals surface area contributed by atoms with Gasteiger partial charge in [0.2, 0.25) is 0 Å². The van der Waals surface area contributed by atoms with E-state index in [9.17, 15) is 14.9 Å². The topological polar surface area (TPSA) is 87.4 Å².